The van der Waals surface area contributed by atoms with Crippen LogP contribution in [0, 0.1) is 17.3 Å². The van der Waals surface area contributed by atoms with Gasteiger partial charge in [-0.3, -0.25) is 0 Å². The van der Waals surface area contributed by atoms with Crippen LogP contribution in [0.15, 0.2) is 0 Å². The van der Waals surface area contributed by atoms with Crippen LogP contribution in [0.2, 0.25) is 0 Å². The Morgan fingerprint density at radius 1 is 1.15 bits per heavy atom. The number of rotatable bonds is 7. The van der Waals surface area contributed by atoms with Crippen LogP contribution in [0.5, 0.6) is 0 Å². The van der Waals surface area contributed by atoms with Gasteiger partial charge in [0, 0.05) is 24.5 Å². The topological polar surface area (TPSA) is 35.5 Å². The van der Waals surface area contributed by atoms with E-state index in [9.17, 15) is 5.11 Å². The molecule has 0 aliphatic carbocycles. The summed E-state index contributed by atoms with van der Waals surface area (Å²) in [5.74, 6) is 1.08. The molecule has 1 aliphatic heterocycles. The largest absolute Gasteiger partial charge is 0.392 e. The van der Waals surface area contributed by atoms with Gasteiger partial charge in [0.25, 0.3) is 0 Å². The van der Waals surface area contributed by atoms with Crippen LogP contribution in [-0.2, 0) is 0 Å². The van der Waals surface area contributed by atoms with Crippen molar-refractivity contribution in [2.24, 2.45) is 17.3 Å². The zero-order valence-electron chi connectivity index (χ0n) is 14.4. The molecule has 2 N–H and O–H groups in total. The lowest BCUT2D eigenvalue weighted by Crippen LogP contribution is -2.48. The number of nitrogens with one attached hydrogen (secondary N) is 1. The summed E-state index contributed by atoms with van der Waals surface area (Å²) < 4.78 is 0. The summed E-state index contributed by atoms with van der Waals surface area (Å²) in [6.45, 7) is 17.7. The lowest BCUT2D eigenvalue weighted by atomic mass is 9.80. The minimum absolute atomic E-state index is 0.0523. The molecular formula is C17H36N2O. The van der Waals surface area contributed by atoms with Crippen LogP contribution in [-0.4, -0.2) is 48.3 Å². The SMILES string of the molecule is CC(C)CN1CCC(NCC(C)(C)C(O)C(C)C)CC1. The van der Waals surface area contributed by atoms with Gasteiger partial charge in [-0.05, 0) is 37.8 Å². The quantitative estimate of drug-likeness (QED) is 0.754. The highest BCUT2D eigenvalue weighted by molar-refractivity contribution is 4.85. The first-order chi connectivity index (χ1) is 9.22. The minimum atomic E-state index is -0.240. The molecule has 0 saturated carbocycles. The second-order valence-corrected chi connectivity index (χ2v) is 8.03. The molecule has 3 heteroatoms. The summed E-state index contributed by atoms with van der Waals surface area (Å²) in [5, 5.41) is 14.0. The number of piperidine rings is 1. The molecule has 1 saturated heterocycles. The summed E-state index contributed by atoms with van der Waals surface area (Å²) in [7, 11) is 0. The van der Waals surface area contributed by atoms with Crippen molar-refractivity contribution in [1.29, 1.82) is 0 Å². The van der Waals surface area contributed by atoms with Crippen LogP contribution in [0.25, 0.3) is 0 Å². The predicted molar refractivity (Wildman–Crippen MR) is 86.9 cm³/mol. The van der Waals surface area contributed by atoms with Gasteiger partial charge < -0.3 is 15.3 Å². The van der Waals surface area contributed by atoms with Gasteiger partial charge >= 0.3 is 0 Å². The Bertz CT molecular complexity index is 268. The first-order valence-corrected chi connectivity index (χ1v) is 8.36. The molecule has 0 amide bonds. The average molecular weight is 284 g/mol. The van der Waals surface area contributed by atoms with Crippen molar-refractivity contribution < 1.29 is 5.11 Å². The summed E-state index contributed by atoms with van der Waals surface area (Å²) in [6.07, 6.45) is 2.23. The third-order valence-electron chi connectivity index (χ3n) is 4.49. The lowest BCUT2D eigenvalue weighted by Gasteiger charge is -2.38. The van der Waals surface area contributed by atoms with Gasteiger partial charge in [-0.25, -0.2) is 0 Å². The van der Waals surface area contributed by atoms with E-state index < -0.39 is 0 Å². The number of aliphatic hydroxyl groups excluding tert-OH is 1. The van der Waals surface area contributed by atoms with Crippen molar-refractivity contribution in [2.45, 2.75) is 66.5 Å². The van der Waals surface area contributed by atoms with Gasteiger partial charge in [0.2, 0.25) is 0 Å². The molecule has 1 rings (SSSR count). The number of nitrogens with zero attached hydrogens (tertiary/aromatic N) is 1. The molecular weight excluding hydrogens is 248 g/mol. The number of aliphatic hydroxyl groups is 1. The van der Waals surface area contributed by atoms with Crippen LogP contribution in [0.3, 0.4) is 0 Å². The minimum Gasteiger partial charge on any atom is -0.392 e. The maximum atomic E-state index is 10.3. The Labute approximate surface area is 126 Å². The maximum Gasteiger partial charge on any atom is 0.0626 e. The van der Waals surface area contributed by atoms with Crippen LogP contribution >= 0.6 is 0 Å². The van der Waals surface area contributed by atoms with E-state index >= 15 is 0 Å². The first kappa shape index (κ1) is 17.9. The van der Waals surface area contributed by atoms with E-state index in [0.29, 0.717) is 12.0 Å². The Balaban J connectivity index is 2.30. The van der Waals surface area contributed by atoms with Gasteiger partial charge in [0.05, 0.1) is 6.10 Å². The van der Waals surface area contributed by atoms with Gasteiger partial charge in [0.1, 0.15) is 0 Å². The van der Waals surface area contributed by atoms with Crippen molar-refractivity contribution in [1.82, 2.24) is 10.2 Å². The van der Waals surface area contributed by atoms with Gasteiger partial charge in [-0.15, -0.1) is 0 Å². The van der Waals surface area contributed by atoms with Crippen molar-refractivity contribution in [3.63, 3.8) is 0 Å². The fourth-order valence-electron chi connectivity index (χ4n) is 3.25. The zero-order valence-corrected chi connectivity index (χ0v) is 14.4. The monoisotopic (exact) mass is 284 g/mol. The molecule has 120 valence electrons. The highest BCUT2D eigenvalue weighted by atomic mass is 16.3. The van der Waals surface area contributed by atoms with Gasteiger partial charge in [-0.2, -0.15) is 0 Å². The van der Waals surface area contributed by atoms with Crippen molar-refractivity contribution in [3.8, 4) is 0 Å². The van der Waals surface area contributed by atoms with Crippen LogP contribution < -0.4 is 5.32 Å². The molecule has 20 heavy (non-hydrogen) atoms. The molecule has 0 bridgehead atoms. The smallest absolute Gasteiger partial charge is 0.0626 e. The molecule has 1 atom stereocenters. The van der Waals surface area contributed by atoms with Crippen LogP contribution in [0.4, 0.5) is 0 Å². The van der Waals surface area contributed by atoms with E-state index in [-0.39, 0.29) is 11.5 Å². The molecule has 0 radical (unpaired) electrons. The predicted octanol–water partition coefficient (Wildman–Crippen LogP) is 2.74. The number of likely N-dealkylation sites (tertiary alicyclic amines) is 1. The summed E-state index contributed by atoms with van der Waals surface area (Å²) in [6, 6.07) is 0.622. The van der Waals surface area contributed by atoms with E-state index in [1.54, 1.807) is 0 Å². The molecule has 1 unspecified atom stereocenters. The third-order valence-corrected chi connectivity index (χ3v) is 4.49. The molecule has 0 aromatic carbocycles. The molecule has 1 fully saturated rings. The average Bonchev–Trinajstić information content (AvgIpc) is 2.36. The molecule has 0 aromatic rings. The van der Waals surface area contributed by atoms with Crippen LogP contribution in [0.1, 0.15) is 54.4 Å². The Morgan fingerprint density at radius 2 is 1.70 bits per heavy atom. The second-order valence-electron chi connectivity index (χ2n) is 8.03. The summed E-state index contributed by atoms with van der Waals surface area (Å²) in [4.78, 5) is 2.58. The zero-order chi connectivity index (χ0) is 15.3. The van der Waals surface area contributed by atoms with E-state index in [1.807, 2.05) is 0 Å². The van der Waals surface area contributed by atoms with E-state index in [2.05, 4.69) is 51.8 Å². The fraction of sp³-hybridized carbons (Fsp3) is 1.00. The van der Waals surface area contributed by atoms with Crippen molar-refractivity contribution >= 4 is 0 Å². The molecule has 0 spiro atoms. The van der Waals surface area contributed by atoms with E-state index in [1.165, 1.54) is 32.5 Å². The molecule has 3 nitrogen and oxygen atoms in total. The van der Waals surface area contributed by atoms with Crippen molar-refractivity contribution in [2.75, 3.05) is 26.2 Å². The molecule has 1 heterocycles. The van der Waals surface area contributed by atoms with Crippen molar-refractivity contribution in [3.05, 3.63) is 0 Å². The fourth-order valence-corrected chi connectivity index (χ4v) is 3.25. The summed E-state index contributed by atoms with van der Waals surface area (Å²) in [5.41, 5.74) is -0.0523. The summed E-state index contributed by atoms with van der Waals surface area (Å²) >= 11 is 0. The lowest BCUT2D eigenvalue weighted by molar-refractivity contribution is 0.0107. The Kier molecular flexibility index (Phi) is 6.96. The second kappa shape index (κ2) is 7.77. The maximum absolute atomic E-state index is 10.3. The normalized spacial score (nSPS) is 20.9. The van der Waals surface area contributed by atoms with Gasteiger partial charge in [-0.1, -0.05) is 41.5 Å². The van der Waals surface area contributed by atoms with Gasteiger partial charge in [0.15, 0.2) is 0 Å². The highest BCUT2D eigenvalue weighted by Crippen LogP contribution is 2.25. The Hall–Kier alpha value is -0.120. The number of hydrogen-bond donors (Lipinski definition) is 2. The van der Waals surface area contributed by atoms with E-state index in [0.717, 1.165) is 12.5 Å². The third kappa shape index (κ3) is 5.71. The molecule has 0 aromatic heterocycles. The Morgan fingerprint density at radius 3 is 2.15 bits per heavy atom. The van der Waals surface area contributed by atoms with E-state index in [4.69, 9.17) is 0 Å². The highest BCUT2D eigenvalue weighted by Gasteiger charge is 2.31. The molecule has 1 aliphatic rings. The first-order valence-electron chi connectivity index (χ1n) is 8.36. The number of hydrogen-bond acceptors (Lipinski definition) is 3. The standard InChI is InChI=1S/C17H36N2O/c1-13(2)11-19-9-7-15(8-10-19)18-12-17(5,6)16(20)14(3)4/h13-16,18,20H,7-12H2,1-6H3.